The Morgan fingerprint density at radius 2 is 1.72 bits per heavy atom. The van der Waals surface area contributed by atoms with Crippen molar-refractivity contribution in [2.75, 3.05) is 19.6 Å². The van der Waals surface area contributed by atoms with Crippen molar-refractivity contribution in [3.63, 3.8) is 0 Å². The molecule has 2 aromatic rings. The predicted molar refractivity (Wildman–Crippen MR) is 116 cm³/mol. The number of nitrogens with zero attached hydrogens (tertiary/aromatic N) is 2. The van der Waals surface area contributed by atoms with Gasteiger partial charge in [0.2, 0.25) is 11.8 Å². The molecule has 0 spiro atoms. The van der Waals surface area contributed by atoms with Crippen molar-refractivity contribution in [2.45, 2.75) is 31.8 Å². The number of carbonyl (C=O) groups excluding carboxylic acids is 2. The van der Waals surface area contributed by atoms with Gasteiger partial charge in [-0.2, -0.15) is 0 Å². The monoisotopic (exact) mass is 413 g/mol. The van der Waals surface area contributed by atoms with Crippen LogP contribution in [-0.2, 0) is 16.1 Å². The van der Waals surface area contributed by atoms with Gasteiger partial charge < -0.3 is 15.5 Å². The van der Waals surface area contributed by atoms with E-state index >= 15 is 0 Å². The molecule has 29 heavy (non-hydrogen) atoms. The molecule has 2 amide bonds. The Hall–Kier alpha value is -2.37. The van der Waals surface area contributed by atoms with Crippen LogP contribution in [0.4, 0.5) is 0 Å². The third-order valence-corrected chi connectivity index (χ3v) is 5.96. The molecule has 6 heteroatoms. The SMILES string of the molecule is Cc1ccc(CN2CC(C(=O)N3C[C@@H](N)[C@H](c4ccccc4)C3)CC2=O)cc1.Cl. The summed E-state index contributed by atoms with van der Waals surface area (Å²) in [5, 5.41) is 0. The molecule has 0 aliphatic carbocycles. The number of amides is 2. The Kier molecular flexibility index (Phi) is 6.60. The first kappa shape index (κ1) is 21.3. The topological polar surface area (TPSA) is 66.6 Å². The summed E-state index contributed by atoms with van der Waals surface area (Å²) in [6.45, 7) is 4.29. The summed E-state index contributed by atoms with van der Waals surface area (Å²) in [6, 6.07) is 18.3. The first-order valence-electron chi connectivity index (χ1n) is 9.94. The number of hydrogen-bond acceptors (Lipinski definition) is 3. The minimum Gasteiger partial charge on any atom is -0.340 e. The Labute approximate surface area is 178 Å². The molecular formula is C23H28ClN3O2. The molecule has 0 bridgehead atoms. The summed E-state index contributed by atoms with van der Waals surface area (Å²) >= 11 is 0. The van der Waals surface area contributed by atoms with E-state index in [0.717, 1.165) is 5.56 Å². The fourth-order valence-electron chi connectivity index (χ4n) is 4.32. The largest absolute Gasteiger partial charge is 0.340 e. The molecular weight excluding hydrogens is 386 g/mol. The lowest BCUT2D eigenvalue weighted by molar-refractivity contribution is -0.134. The average molecular weight is 414 g/mol. The van der Waals surface area contributed by atoms with Crippen LogP contribution < -0.4 is 5.73 Å². The summed E-state index contributed by atoms with van der Waals surface area (Å²) in [5.74, 6) is 0.0151. The molecule has 2 heterocycles. The van der Waals surface area contributed by atoms with Gasteiger partial charge in [0.15, 0.2) is 0 Å². The molecule has 0 aromatic heterocycles. The number of aryl methyl sites for hydroxylation is 1. The highest BCUT2D eigenvalue weighted by molar-refractivity contribution is 5.89. The molecule has 2 saturated heterocycles. The highest BCUT2D eigenvalue weighted by atomic mass is 35.5. The van der Waals surface area contributed by atoms with Crippen molar-refractivity contribution in [1.29, 1.82) is 0 Å². The van der Waals surface area contributed by atoms with Crippen LogP contribution in [0.15, 0.2) is 54.6 Å². The van der Waals surface area contributed by atoms with Crippen LogP contribution in [0, 0.1) is 12.8 Å². The maximum atomic E-state index is 13.0. The molecule has 2 N–H and O–H groups in total. The maximum absolute atomic E-state index is 13.0. The smallest absolute Gasteiger partial charge is 0.228 e. The van der Waals surface area contributed by atoms with Crippen molar-refractivity contribution < 1.29 is 9.59 Å². The normalized spacial score (nSPS) is 23.9. The standard InChI is InChI=1S/C23H27N3O2.ClH/c1-16-7-9-17(10-8-16)12-25-13-19(11-22(25)27)23(28)26-14-20(21(24)15-26)18-5-3-2-4-6-18;/h2-10,19-21H,11-15,24H2,1H3;1H/t19?,20-,21+;/m0./s1. The second-order valence-electron chi connectivity index (χ2n) is 8.09. The summed E-state index contributed by atoms with van der Waals surface area (Å²) in [5.41, 5.74) is 9.80. The van der Waals surface area contributed by atoms with E-state index in [-0.39, 0.29) is 42.1 Å². The zero-order valence-electron chi connectivity index (χ0n) is 16.7. The Balaban J connectivity index is 0.00000240. The van der Waals surface area contributed by atoms with Gasteiger partial charge in [0, 0.05) is 44.6 Å². The first-order chi connectivity index (χ1) is 13.5. The summed E-state index contributed by atoms with van der Waals surface area (Å²) in [6.07, 6.45) is 0.298. The number of nitrogens with two attached hydrogens (primary N) is 1. The molecule has 154 valence electrons. The van der Waals surface area contributed by atoms with Crippen molar-refractivity contribution >= 4 is 24.2 Å². The van der Waals surface area contributed by atoms with Crippen molar-refractivity contribution in [3.8, 4) is 0 Å². The molecule has 0 radical (unpaired) electrons. The fourth-order valence-corrected chi connectivity index (χ4v) is 4.32. The van der Waals surface area contributed by atoms with Gasteiger partial charge in [0.25, 0.3) is 0 Å². The number of hydrogen-bond donors (Lipinski definition) is 1. The number of likely N-dealkylation sites (tertiary alicyclic amines) is 2. The van der Waals surface area contributed by atoms with E-state index < -0.39 is 0 Å². The lowest BCUT2D eigenvalue weighted by Gasteiger charge is -2.21. The Morgan fingerprint density at radius 3 is 2.41 bits per heavy atom. The summed E-state index contributed by atoms with van der Waals surface area (Å²) in [4.78, 5) is 29.2. The lowest BCUT2D eigenvalue weighted by atomic mass is 9.95. The van der Waals surface area contributed by atoms with Crippen LogP contribution >= 0.6 is 12.4 Å². The van der Waals surface area contributed by atoms with Crippen LogP contribution in [0.1, 0.15) is 29.0 Å². The molecule has 2 aromatic carbocycles. The van der Waals surface area contributed by atoms with Gasteiger partial charge in [0.05, 0.1) is 5.92 Å². The van der Waals surface area contributed by atoms with Gasteiger partial charge in [0.1, 0.15) is 0 Å². The van der Waals surface area contributed by atoms with E-state index in [1.165, 1.54) is 11.1 Å². The first-order valence-corrected chi connectivity index (χ1v) is 9.94. The molecule has 2 aliphatic heterocycles. The maximum Gasteiger partial charge on any atom is 0.228 e. The van der Waals surface area contributed by atoms with Gasteiger partial charge in [-0.3, -0.25) is 9.59 Å². The third kappa shape index (κ3) is 4.62. The predicted octanol–water partition coefficient (Wildman–Crippen LogP) is 2.72. The molecule has 5 nitrogen and oxygen atoms in total. The van der Waals surface area contributed by atoms with E-state index in [1.807, 2.05) is 54.3 Å². The van der Waals surface area contributed by atoms with E-state index in [4.69, 9.17) is 5.73 Å². The van der Waals surface area contributed by atoms with E-state index in [1.54, 1.807) is 4.90 Å². The zero-order valence-corrected chi connectivity index (χ0v) is 17.5. The van der Waals surface area contributed by atoms with Gasteiger partial charge in [-0.05, 0) is 18.1 Å². The molecule has 2 fully saturated rings. The third-order valence-electron chi connectivity index (χ3n) is 5.96. The van der Waals surface area contributed by atoms with Gasteiger partial charge in [-0.25, -0.2) is 0 Å². The van der Waals surface area contributed by atoms with Crippen LogP contribution in [-0.4, -0.2) is 47.3 Å². The quantitative estimate of drug-likeness (QED) is 0.838. The van der Waals surface area contributed by atoms with E-state index in [2.05, 4.69) is 12.1 Å². The molecule has 4 rings (SSSR count). The van der Waals surface area contributed by atoms with Gasteiger partial charge >= 0.3 is 0 Å². The molecule has 1 unspecified atom stereocenters. The van der Waals surface area contributed by atoms with Crippen LogP contribution in [0.25, 0.3) is 0 Å². The number of rotatable bonds is 4. The zero-order chi connectivity index (χ0) is 19.7. The highest BCUT2D eigenvalue weighted by Crippen LogP contribution is 2.29. The van der Waals surface area contributed by atoms with Crippen molar-refractivity contribution in [3.05, 3.63) is 71.3 Å². The second kappa shape index (κ2) is 8.97. The average Bonchev–Trinajstić information content (AvgIpc) is 3.27. The Bertz CT molecular complexity index is 856. The minimum atomic E-state index is -0.264. The van der Waals surface area contributed by atoms with Crippen molar-refractivity contribution in [2.24, 2.45) is 11.7 Å². The van der Waals surface area contributed by atoms with Gasteiger partial charge in [-0.1, -0.05) is 60.2 Å². The second-order valence-corrected chi connectivity index (χ2v) is 8.09. The number of halogens is 1. The van der Waals surface area contributed by atoms with Crippen LogP contribution in [0.3, 0.4) is 0 Å². The van der Waals surface area contributed by atoms with Crippen LogP contribution in [0.2, 0.25) is 0 Å². The summed E-state index contributed by atoms with van der Waals surface area (Å²) in [7, 11) is 0. The van der Waals surface area contributed by atoms with Gasteiger partial charge in [-0.15, -0.1) is 12.4 Å². The highest BCUT2D eigenvalue weighted by Gasteiger charge is 2.40. The lowest BCUT2D eigenvalue weighted by Crippen LogP contribution is -2.37. The summed E-state index contributed by atoms with van der Waals surface area (Å²) < 4.78 is 0. The fraction of sp³-hybridized carbons (Fsp3) is 0.391. The molecule has 2 aliphatic rings. The van der Waals surface area contributed by atoms with Crippen LogP contribution in [0.5, 0.6) is 0 Å². The minimum absolute atomic E-state index is 0. The number of benzene rings is 2. The van der Waals surface area contributed by atoms with Crippen molar-refractivity contribution in [1.82, 2.24) is 9.80 Å². The Morgan fingerprint density at radius 1 is 1.03 bits per heavy atom. The van der Waals surface area contributed by atoms with E-state index in [9.17, 15) is 9.59 Å². The number of carbonyl (C=O) groups is 2. The molecule has 3 atom stereocenters. The molecule has 0 saturated carbocycles. The van der Waals surface area contributed by atoms with E-state index in [0.29, 0.717) is 32.6 Å².